The molecule has 30 heavy (non-hydrogen) atoms. The second kappa shape index (κ2) is 8.13. The van der Waals surface area contributed by atoms with Crippen LogP contribution in [0, 0.1) is 0 Å². The molecule has 0 fully saturated rings. The fourth-order valence-corrected chi connectivity index (χ4v) is 4.64. The number of rotatable bonds is 7. The van der Waals surface area contributed by atoms with Crippen LogP contribution in [0.5, 0.6) is 5.88 Å². The lowest BCUT2D eigenvalue weighted by Crippen LogP contribution is -2.12. The second-order valence-corrected chi connectivity index (χ2v) is 8.41. The zero-order valence-corrected chi connectivity index (χ0v) is 17.3. The highest BCUT2D eigenvalue weighted by atomic mass is 32.2. The van der Waals surface area contributed by atoms with Gasteiger partial charge in [-0.05, 0) is 49.0 Å². The Hall–Kier alpha value is -3.43. The number of fused-ring (bicyclic) bond motifs is 1. The van der Waals surface area contributed by atoms with Gasteiger partial charge in [0.05, 0.1) is 12.6 Å². The van der Waals surface area contributed by atoms with Gasteiger partial charge in [-0.2, -0.15) is 0 Å². The van der Waals surface area contributed by atoms with E-state index in [4.69, 9.17) is 4.74 Å². The highest BCUT2D eigenvalue weighted by Crippen LogP contribution is 2.31. The van der Waals surface area contributed by atoms with E-state index in [1.807, 2.05) is 25.2 Å². The van der Waals surface area contributed by atoms with Crippen LogP contribution in [0.25, 0.3) is 10.9 Å². The van der Waals surface area contributed by atoms with Gasteiger partial charge in [-0.15, -0.1) is 0 Å². The lowest BCUT2D eigenvalue weighted by atomic mass is 10.1. The van der Waals surface area contributed by atoms with Crippen LogP contribution in [-0.2, 0) is 16.6 Å². The van der Waals surface area contributed by atoms with E-state index in [1.165, 1.54) is 16.2 Å². The van der Waals surface area contributed by atoms with Crippen LogP contribution < -0.4 is 15.4 Å². The van der Waals surface area contributed by atoms with Crippen LogP contribution in [0.2, 0.25) is 0 Å². The number of ether oxygens (including phenoxy) is 1. The molecule has 9 heteroatoms. The van der Waals surface area contributed by atoms with Crippen molar-refractivity contribution >= 4 is 32.3 Å². The number of benzene rings is 1. The van der Waals surface area contributed by atoms with Crippen molar-refractivity contribution in [2.24, 2.45) is 0 Å². The number of hydrogen-bond acceptors (Lipinski definition) is 7. The van der Waals surface area contributed by atoms with Gasteiger partial charge in [-0.25, -0.2) is 17.4 Å². The van der Waals surface area contributed by atoms with Crippen molar-refractivity contribution in [2.75, 3.05) is 19.5 Å². The summed E-state index contributed by atoms with van der Waals surface area (Å²) < 4.78 is 33.2. The molecule has 0 radical (unpaired) electrons. The summed E-state index contributed by atoms with van der Waals surface area (Å²) in [5, 5.41) is 7.19. The van der Waals surface area contributed by atoms with Gasteiger partial charge in [0.1, 0.15) is 10.6 Å². The van der Waals surface area contributed by atoms with E-state index < -0.39 is 10.0 Å². The van der Waals surface area contributed by atoms with Crippen molar-refractivity contribution in [3.8, 4) is 5.88 Å². The maximum absolute atomic E-state index is 13.3. The van der Waals surface area contributed by atoms with E-state index in [2.05, 4.69) is 20.6 Å². The van der Waals surface area contributed by atoms with Crippen molar-refractivity contribution < 1.29 is 13.2 Å². The third-order valence-corrected chi connectivity index (χ3v) is 6.31. The summed E-state index contributed by atoms with van der Waals surface area (Å²) in [5.74, 6) is 0.451. The molecular formula is C21H21N5O3S. The Morgan fingerprint density at radius 3 is 2.70 bits per heavy atom. The minimum Gasteiger partial charge on any atom is -0.480 e. The number of aromatic nitrogens is 3. The molecule has 0 aliphatic carbocycles. The van der Waals surface area contributed by atoms with Crippen molar-refractivity contribution in [3.63, 3.8) is 0 Å². The monoisotopic (exact) mass is 423 g/mol. The van der Waals surface area contributed by atoms with Crippen LogP contribution in [0.4, 0.5) is 11.4 Å². The molecule has 0 bridgehead atoms. The standard InChI is InChI=1S/C21H21N5O3S/c1-22-12-15-14-26(30(27,28)17-5-3-9-23-13-17)20-11-16(7-8-18(15)20)25-19-6-4-10-24-21(19)29-2/h3-11,13-14,22,25H,12H2,1-2H3. The van der Waals surface area contributed by atoms with Gasteiger partial charge in [0.25, 0.3) is 10.0 Å². The maximum atomic E-state index is 13.3. The Morgan fingerprint density at radius 2 is 1.97 bits per heavy atom. The van der Waals surface area contributed by atoms with Gasteiger partial charge >= 0.3 is 0 Å². The number of nitrogens with zero attached hydrogens (tertiary/aromatic N) is 3. The minimum absolute atomic E-state index is 0.130. The summed E-state index contributed by atoms with van der Waals surface area (Å²) in [7, 11) is -0.433. The lowest BCUT2D eigenvalue weighted by Gasteiger charge is -2.11. The third kappa shape index (κ3) is 3.60. The highest BCUT2D eigenvalue weighted by molar-refractivity contribution is 7.90. The maximum Gasteiger partial charge on any atom is 0.269 e. The zero-order chi connectivity index (χ0) is 21.1. The van der Waals surface area contributed by atoms with Crippen LogP contribution in [0.1, 0.15) is 5.56 Å². The summed E-state index contributed by atoms with van der Waals surface area (Å²) in [5.41, 5.74) is 2.84. The fourth-order valence-electron chi connectivity index (χ4n) is 3.29. The molecule has 0 amide bonds. The third-order valence-electron chi connectivity index (χ3n) is 4.66. The first kappa shape index (κ1) is 19.9. The SMILES string of the molecule is CNCc1cn(S(=O)(=O)c2cccnc2)c2cc(Nc3cccnc3OC)ccc12. The molecule has 2 N–H and O–H groups in total. The topological polar surface area (TPSA) is 98.1 Å². The number of pyridine rings is 2. The first-order valence-corrected chi connectivity index (χ1v) is 10.7. The van der Waals surface area contributed by atoms with Gasteiger partial charge in [-0.3, -0.25) is 4.98 Å². The van der Waals surface area contributed by atoms with Gasteiger partial charge < -0.3 is 15.4 Å². The lowest BCUT2D eigenvalue weighted by molar-refractivity contribution is 0.400. The molecule has 8 nitrogen and oxygen atoms in total. The zero-order valence-electron chi connectivity index (χ0n) is 16.5. The normalized spacial score (nSPS) is 11.5. The number of hydrogen-bond donors (Lipinski definition) is 2. The van der Waals surface area contributed by atoms with E-state index in [0.29, 0.717) is 29.3 Å². The first-order chi connectivity index (χ1) is 14.5. The van der Waals surface area contributed by atoms with Gasteiger partial charge in [0.15, 0.2) is 0 Å². The molecule has 0 saturated carbocycles. The quantitative estimate of drug-likeness (QED) is 0.471. The van der Waals surface area contributed by atoms with E-state index in [0.717, 1.165) is 10.9 Å². The molecule has 4 aromatic rings. The predicted molar refractivity (Wildman–Crippen MR) is 116 cm³/mol. The fraction of sp³-hybridized carbons (Fsp3) is 0.143. The van der Waals surface area contributed by atoms with Crippen LogP contribution in [0.15, 0.2) is 72.1 Å². The summed E-state index contributed by atoms with van der Waals surface area (Å²) in [6, 6.07) is 12.4. The van der Waals surface area contributed by atoms with E-state index >= 15 is 0 Å². The second-order valence-electron chi connectivity index (χ2n) is 6.59. The summed E-state index contributed by atoms with van der Waals surface area (Å²) in [6.45, 7) is 0.537. The Bertz CT molecular complexity index is 1290. The molecule has 0 saturated heterocycles. The van der Waals surface area contributed by atoms with Gasteiger partial charge in [0.2, 0.25) is 5.88 Å². The molecule has 0 atom stereocenters. The van der Waals surface area contributed by atoms with E-state index in [-0.39, 0.29) is 4.90 Å². The Morgan fingerprint density at radius 1 is 1.13 bits per heavy atom. The number of nitrogens with one attached hydrogen (secondary N) is 2. The molecule has 0 spiro atoms. The largest absolute Gasteiger partial charge is 0.480 e. The smallest absolute Gasteiger partial charge is 0.269 e. The molecule has 154 valence electrons. The van der Waals surface area contributed by atoms with Crippen LogP contribution >= 0.6 is 0 Å². The van der Waals surface area contributed by atoms with E-state index in [9.17, 15) is 8.42 Å². The van der Waals surface area contributed by atoms with E-state index in [1.54, 1.807) is 43.9 Å². The predicted octanol–water partition coefficient (Wildman–Crippen LogP) is 3.14. The molecule has 4 rings (SSSR count). The van der Waals surface area contributed by atoms with Gasteiger partial charge in [-0.1, -0.05) is 6.07 Å². The average molecular weight is 423 g/mol. The van der Waals surface area contributed by atoms with Gasteiger partial charge in [0, 0.05) is 42.4 Å². The summed E-state index contributed by atoms with van der Waals surface area (Å²) >= 11 is 0. The minimum atomic E-state index is -3.80. The Labute approximate surface area is 174 Å². The summed E-state index contributed by atoms with van der Waals surface area (Å²) in [4.78, 5) is 8.26. The van der Waals surface area contributed by atoms with Crippen molar-refractivity contribution in [3.05, 3.63) is 72.8 Å². The van der Waals surface area contributed by atoms with Crippen molar-refractivity contribution in [1.82, 2.24) is 19.3 Å². The molecule has 3 aromatic heterocycles. The first-order valence-electron chi connectivity index (χ1n) is 9.25. The summed E-state index contributed by atoms with van der Waals surface area (Å²) in [6.07, 6.45) is 6.19. The highest BCUT2D eigenvalue weighted by Gasteiger charge is 2.21. The molecular weight excluding hydrogens is 402 g/mol. The molecule has 3 heterocycles. The molecule has 1 aromatic carbocycles. The Balaban J connectivity index is 1.85. The van der Waals surface area contributed by atoms with Crippen LogP contribution in [-0.4, -0.2) is 36.5 Å². The number of methoxy groups -OCH3 is 1. The average Bonchev–Trinajstić information content (AvgIpc) is 3.13. The molecule has 0 unspecified atom stereocenters. The Kier molecular flexibility index (Phi) is 5.39. The van der Waals surface area contributed by atoms with Crippen molar-refractivity contribution in [1.29, 1.82) is 0 Å². The molecule has 0 aliphatic rings. The molecule has 0 aliphatic heterocycles. The van der Waals surface area contributed by atoms with Crippen molar-refractivity contribution in [2.45, 2.75) is 11.4 Å². The van der Waals surface area contributed by atoms with Crippen LogP contribution in [0.3, 0.4) is 0 Å². The number of anilines is 2.